The van der Waals surface area contributed by atoms with E-state index in [-0.39, 0.29) is 54.8 Å². The summed E-state index contributed by atoms with van der Waals surface area (Å²) >= 11 is 0. The van der Waals surface area contributed by atoms with Crippen LogP contribution in [0.25, 0.3) is 0 Å². The van der Waals surface area contributed by atoms with Crippen molar-refractivity contribution in [3.05, 3.63) is 46.3 Å². The molecule has 0 aromatic heterocycles. The SMILES string of the molecule is CCOc1cc2c(c(F)c1OCC)C(=N)N(CC(=O)c1cc(N3CCN(CO)CC3)c(OC)c(C(C)(C)C)c1)C2. The number of rotatable bonds is 10. The van der Waals surface area contributed by atoms with Crippen molar-refractivity contribution in [1.82, 2.24) is 9.80 Å². The standard InChI is InChI=1S/C30H41FN4O5/c1-7-39-24-15-20-16-35(29(32)25(20)26(31)28(24)40-8-2)17-23(37)19-13-21(30(3,4)5)27(38-6)22(14-19)34-11-9-33(18-36)10-12-34/h13-15,32,36H,7-12,16-18H2,1-6H3. The van der Waals surface area contributed by atoms with Crippen LogP contribution in [0.2, 0.25) is 0 Å². The lowest BCUT2D eigenvalue weighted by Crippen LogP contribution is -2.46. The highest BCUT2D eigenvalue weighted by Gasteiger charge is 2.34. The van der Waals surface area contributed by atoms with Gasteiger partial charge in [0.25, 0.3) is 0 Å². The highest BCUT2D eigenvalue weighted by Crippen LogP contribution is 2.42. The van der Waals surface area contributed by atoms with Crippen LogP contribution < -0.4 is 19.1 Å². The molecule has 9 nitrogen and oxygen atoms in total. The maximum absolute atomic E-state index is 15.5. The largest absolute Gasteiger partial charge is 0.494 e. The molecular weight excluding hydrogens is 515 g/mol. The van der Waals surface area contributed by atoms with E-state index in [0.29, 0.717) is 49.7 Å². The summed E-state index contributed by atoms with van der Waals surface area (Å²) in [5, 5.41) is 18.2. The third-order valence-corrected chi connectivity index (χ3v) is 7.42. The highest BCUT2D eigenvalue weighted by molar-refractivity contribution is 6.06. The number of ketones is 1. The number of halogens is 1. The third-order valence-electron chi connectivity index (χ3n) is 7.42. The summed E-state index contributed by atoms with van der Waals surface area (Å²) in [5.41, 5.74) is 2.70. The number of amidine groups is 1. The third kappa shape index (κ3) is 5.74. The molecule has 2 aromatic rings. The molecule has 0 aliphatic carbocycles. The maximum atomic E-state index is 15.5. The van der Waals surface area contributed by atoms with Gasteiger partial charge in [-0.05, 0) is 43.0 Å². The fourth-order valence-corrected chi connectivity index (χ4v) is 5.33. The molecule has 2 heterocycles. The monoisotopic (exact) mass is 556 g/mol. The van der Waals surface area contributed by atoms with Crippen LogP contribution in [0, 0.1) is 11.2 Å². The minimum atomic E-state index is -0.633. The van der Waals surface area contributed by atoms with Gasteiger partial charge >= 0.3 is 0 Å². The van der Waals surface area contributed by atoms with Gasteiger partial charge < -0.3 is 29.1 Å². The van der Waals surface area contributed by atoms with Gasteiger partial charge in [-0.2, -0.15) is 0 Å². The van der Waals surface area contributed by atoms with E-state index in [4.69, 9.17) is 19.6 Å². The van der Waals surface area contributed by atoms with E-state index in [1.165, 1.54) is 0 Å². The number of nitrogens with zero attached hydrogens (tertiary/aromatic N) is 3. The fourth-order valence-electron chi connectivity index (χ4n) is 5.33. The van der Waals surface area contributed by atoms with E-state index in [9.17, 15) is 9.90 Å². The number of nitrogens with one attached hydrogen (secondary N) is 1. The predicted molar refractivity (Wildman–Crippen MR) is 153 cm³/mol. The molecule has 2 aromatic carbocycles. The molecule has 218 valence electrons. The maximum Gasteiger partial charge on any atom is 0.197 e. The van der Waals surface area contributed by atoms with E-state index < -0.39 is 5.82 Å². The Hall–Kier alpha value is -3.37. The predicted octanol–water partition coefficient (Wildman–Crippen LogP) is 4.02. The van der Waals surface area contributed by atoms with E-state index in [1.807, 2.05) is 24.0 Å². The summed E-state index contributed by atoms with van der Waals surface area (Å²) in [7, 11) is 1.64. The number of anilines is 1. The number of benzene rings is 2. The number of fused-ring (bicyclic) bond motifs is 1. The lowest BCUT2D eigenvalue weighted by molar-refractivity contribution is 0.0962. The number of carbonyl (C=O) groups is 1. The molecule has 0 saturated carbocycles. The molecular formula is C30H41FN4O5. The molecule has 0 atom stereocenters. The number of ether oxygens (including phenoxy) is 3. The number of aliphatic hydroxyl groups is 1. The Labute approximate surface area is 235 Å². The summed E-state index contributed by atoms with van der Waals surface area (Å²) in [4.78, 5) is 19.5. The second-order valence-corrected chi connectivity index (χ2v) is 11.1. The van der Waals surface area contributed by atoms with Crippen LogP contribution in [-0.2, 0) is 12.0 Å². The van der Waals surface area contributed by atoms with Gasteiger partial charge in [-0.3, -0.25) is 15.1 Å². The van der Waals surface area contributed by atoms with Gasteiger partial charge in [0, 0.05) is 43.9 Å². The summed E-state index contributed by atoms with van der Waals surface area (Å²) in [6.07, 6.45) is 0. The van der Waals surface area contributed by atoms with Crippen LogP contribution in [-0.4, -0.2) is 86.3 Å². The molecule has 4 rings (SSSR count). The van der Waals surface area contributed by atoms with Crippen molar-refractivity contribution in [2.45, 2.75) is 46.6 Å². The average molecular weight is 557 g/mol. The molecule has 2 N–H and O–H groups in total. The zero-order valence-corrected chi connectivity index (χ0v) is 24.4. The Bertz CT molecular complexity index is 1270. The second-order valence-electron chi connectivity index (χ2n) is 11.1. The van der Waals surface area contributed by atoms with Crippen molar-refractivity contribution in [3.63, 3.8) is 0 Å². The molecule has 2 aliphatic heterocycles. The van der Waals surface area contributed by atoms with E-state index in [1.54, 1.807) is 25.0 Å². The number of aliphatic hydroxyl groups excluding tert-OH is 1. The van der Waals surface area contributed by atoms with Crippen molar-refractivity contribution >= 4 is 17.3 Å². The van der Waals surface area contributed by atoms with E-state index in [2.05, 4.69) is 25.7 Å². The van der Waals surface area contributed by atoms with Crippen LogP contribution in [0.5, 0.6) is 17.2 Å². The molecule has 2 aliphatic rings. The Morgan fingerprint density at radius 1 is 1.05 bits per heavy atom. The zero-order valence-electron chi connectivity index (χ0n) is 24.4. The number of Topliss-reactive ketones (excluding diaryl/α,β-unsaturated/α-hetero) is 1. The van der Waals surface area contributed by atoms with Crippen molar-refractivity contribution in [1.29, 1.82) is 5.41 Å². The molecule has 0 amide bonds. The van der Waals surface area contributed by atoms with Crippen molar-refractivity contribution in [2.75, 3.05) is 64.7 Å². The van der Waals surface area contributed by atoms with Crippen LogP contribution in [0.4, 0.5) is 10.1 Å². The highest BCUT2D eigenvalue weighted by atomic mass is 19.1. The lowest BCUT2D eigenvalue weighted by Gasteiger charge is -2.37. The second kappa shape index (κ2) is 12.0. The molecule has 0 spiro atoms. The Morgan fingerprint density at radius 2 is 1.73 bits per heavy atom. The lowest BCUT2D eigenvalue weighted by atomic mass is 9.84. The fraction of sp³-hybridized carbons (Fsp3) is 0.533. The smallest absolute Gasteiger partial charge is 0.197 e. The van der Waals surface area contributed by atoms with Gasteiger partial charge in [0.2, 0.25) is 0 Å². The molecule has 0 unspecified atom stereocenters. The van der Waals surface area contributed by atoms with Gasteiger partial charge in [0.1, 0.15) is 11.6 Å². The van der Waals surface area contributed by atoms with Crippen LogP contribution >= 0.6 is 0 Å². The van der Waals surface area contributed by atoms with Crippen molar-refractivity contribution in [2.24, 2.45) is 0 Å². The van der Waals surface area contributed by atoms with Crippen LogP contribution in [0.1, 0.15) is 61.7 Å². The first-order chi connectivity index (χ1) is 19.0. The van der Waals surface area contributed by atoms with Gasteiger partial charge in [-0.15, -0.1) is 0 Å². The number of methoxy groups -OCH3 is 1. The number of hydrogen-bond donors (Lipinski definition) is 2. The zero-order chi connectivity index (χ0) is 29.2. The van der Waals surface area contributed by atoms with Crippen LogP contribution in [0.3, 0.4) is 0 Å². The van der Waals surface area contributed by atoms with Gasteiger partial charge in [-0.25, -0.2) is 4.39 Å². The minimum absolute atomic E-state index is 0.00284. The number of piperazine rings is 1. The van der Waals surface area contributed by atoms with E-state index in [0.717, 1.165) is 17.0 Å². The topological polar surface area (TPSA) is 98.6 Å². The number of hydrogen-bond acceptors (Lipinski definition) is 8. The van der Waals surface area contributed by atoms with Crippen molar-refractivity contribution < 1.29 is 28.5 Å². The molecule has 0 bridgehead atoms. The normalized spacial score (nSPS) is 15.8. The summed E-state index contributed by atoms with van der Waals surface area (Å²) in [6, 6.07) is 5.45. The Kier molecular flexibility index (Phi) is 8.90. The van der Waals surface area contributed by atoms with Gasteiger partial charge in [0.05, 0.1) is 44.8 Å². The van der Waals surface area contributed by atoms with Gasteiger partial charge in [-0.1, -0.05) is 20.8 Å². The average Bonchev–Trinajstić information content (AvgIpc) is 3.24. The van der Waals surface area contributed by atoms with Crippen molar-refractivity contribution in [3.8, 4) is 17.2 Å². The summed E-state index contributed by atoms with van der Waals surface area (Å²) < 4.78 is 32.5. The quantitative estimate of drug-likeness (QED) is 0.424. The number of carbonyl (C=O) groups excluding carboxylic acids is 1. The molecule has 1 saturated heterocycles. The molecule has 40 heavy (non-hydrogen) atoms. The first-order valence-electron chi connectivity index (χ1n) is 13.8. The summed E-state index contributed by atoms with van der Waals surface area (Å²) in [6.45, 7) is 13.4. The van der Waals surface area contributed by atoms with E-state index >= 15 is 4.39 Å². The summed E-state index contributed by atoms with van der Waals surface area (Å²) in [5.74, 6) is 0.184. The Morgan fingerprint density at radius 3 is 2.30 bits per heavy atom. The minimum Gasteiger partial charge on any atom is -0.494 e. The molecule has 10 heteroatoms. The first-order valence-corrected chi connectivity index (χ1v) is 13.8. The molecule has 1 fully saturated rings. The van der Waals surface area contributed by atoms with Crippen LogP contribution in [0.15, 0.2) is 18.2 Å². The molecule has 0 radical (unpaired) electrons. The Balaban J connectivity index is 1.66. The first kappa shape index (κ1) is 29.6. The van der Waals surface area contributed by atoms with Gasteiger partial charge in [0.15, 0.2) is 23.1 Å².